The number of nitrogens with one attached hydrogen (secondary N) is 1. The molecule has 2 unspecified atom stereocenters. The predicted molar refractivity (Wildman–Crippen MR) is 93.8 cm³/mol. The van der Waals surface area contributed by atoms with Gasteiger partial charge in [0.05, 0.1) is 21.3 Å². The van der Waals surface area contributed by atoms with Gasteiger partial charge in [-0.15, -0.1) is 12.4 Å². The van der Waals surface area contributed by atoms with Crippen molar-refractivity contribution in [2.24, 2.45) is 0 Å². The zero-order valence-corrected chi connectivity index (χ0v) is 15.1. The van der Waals surface area contributed by atoms with Crippen LogP contribution in [0.3, 0.4) is 0 Å². The van der Waals surface area contributed by atoms with Gasteiger partial charge < -0.3 is 24.4 Å². The van der Waals surface area contributed by atoms with Crippen molar-refractivity contribution in [1.29, 1.82) is 0 Å². The molecule has 2 fully saturated rings. The molecule has 1 aromatic rings. The number of amides is 1. The number of halogens is 1. The van der Waals surface area contributed by atoms with Crippen molar-refractivity contribution < 1.29 is 19.0 Å². The van der Waals surface area contributed by atoms with Crippen LogP contribution in [0.5, 0.6) is 17.2 Å². The van der Waals surface area contributed by atoms with Crippen molar-refractivity contribution in [3.63, 3.8) is 0 Å². The third-order valence-electron chi connectivity index (χ3n) is 4.80. The SMILES string of the molecule is COc1cc(C(=O)N2C3CCNCC2CC3)cc(OC)c1OC.Cl. The highest BCUT2D eigenvalue weighted by atomic mass is 35.5. The van der Waals surface area contributed by atoms with Gasteiger partial charge in [-0.2, -0.15) is 0 Å². The van der Waals surface area contributed by atoms with Crippen molar-refractivity contribution in [2.45, 2.75) is 31.3 Å². The topological polar surface area (TPSA) is 60.0 Å². The van der Waals surface area contributed by atoms with Crippen LogP contribution in [-0.4, -0.2) is 57.3 Å². The first-order chi connectivity index (χ1) is 11.2. The number of hydrogen-bond acceptors (Lipinski definition) is 5. The first-order valence-corrected chi connectivity index (χ1v) is 8.03. The predicted octanol–water partition coefficient (Wildman–Crippen LogP) is 2.10. The Labute approximate surface area is 148 Å². The zero-order chi connectivity index (χ0) is 16.4. The average molecular weight is 357 g/mol. The fourth-order valence-electron chi connectivity index (χ4n) is 3.67. The standard InChI is InChI=1S/C17H24N2O4.ClH/c1-21-14-8-11(9-15(22-2)16(14)23-3)17(20)19-12-4-5-13(19)10-18-7-6-12;/h8-9,12-13,18H,4-7,10H2,1-3H3;1H. The molecule has 2 aliphatic heterocycles. The normalized spacial score (nSPS) is 22.4. The Bertz CT molecular complexity index is 557. The molecule has 2 saturated heterocycles. The van der Waals surface area contributed by atoms with Crippen LogP contribution in [0.25, 0.3) is 0 Å². The highest BCUT2D eigenvalue weighted by Crippen LogP contribution is 2.39. The van der Waals surface area contributed by atoms with Gasteiger partial charge in [-0.3, -0.25) is 4.79 Å². The maximum atomic E-state index is 13.1. The summed E-state index contributed by atoms with van der Waals surface area (Å²) in [6, 6.07) is 4.07. The second-order valence-electron chi connectivity index (χ2n) is 6.00. The maximum absolute atomic E-state index is 13.1. The van der Waals surface area contributed by atoms with E-state index in [2.05, 4.69) is 5.32 Å². The van der Waals surface area contributed by atoms with Gasteiger partial charge in [0.2, 0.25) is 5.75 Å². The molecule has 0 aromatic heterocycles. The number of ether oxygens (including phenoxy) is 3. The fraction of sp³-hybridized carbons (Fsp3) is 0.588. The van der Waals surface area contributed by atoms with Crippen LogP contribution in [0.15, 0.2) is 12.1 Å². The zero-order valence-electron chi connectivity index (χ0n) is 14.3. The van der Waals surface area contributed by atoms with E-state index < -0.39 is 0 Å². The van der Waals surface area contributed by atoms with Crippen molar-refractivity contribution >= 4 is 18.3 Å². The van der Waals surface area contributed by atoms with E-state index in [9.17, 15) is 4.79 Å². The van der Waals surface area contributed by atoms with Gasteiger partial charge in [0.25, 0.3) is 5.91 Å². The molecule has 2 aliphatic rings. The summed E-state index contributed by atoms with van der Waals surface area (Å²) in [4.78, 5) is 15.1. The molecule has 0 spiro atoms. The maximum Gasteiger partial charge on any atom is 0.254 e. The van der Waals surface area contributed by atoms with Gasteiger partial charge in [0.1, 0.15) is 0 Å². The van der Waals surface area contributed by atoms with Gasteiger partial charge in [-0.1, -0.05) is 0 Å². The molecule has 7 heteroatoms. The Kier molecular flexibility index (Phi) is 6.18. The van der Waals surface area contributed by atoms with E-state index >= 15 is 0 Å². The van der Waals surface area contributed by atoms with Gasteiger partial charge in [0, 0.05) is 24.2 Å². The monoisotopic (exact) mass is 356 g/mol. The Hall–Kier alpha value is -1.66. The smallest absolute Gasteiger partial charge is 0.254 e. The molecule has 0 radical (unpaired) electrons. The summed E-state index contributed by atoms with van der Waals surface area (Å²) >= 11 is 0. The molecule has 1 aromatic carbocycles. The average Bonchev–Trinajstić information content (AvgIpc) is 2.85. The molecule has 2 atom stereocenters. The highest BCUT2D eigenvalue weighted by molar-refractivity contribution is 5.96. The minimum Gasteiger partial charge on any atom is -0.493 e. The molecule has 3 rings (SSSR count). The lowest BCUT2D eigenvalue weighted by Crippen LogP contribution is -2.42. The minimum absolute atomic E-state index is 0. The summed E-state index contributed by atoms with van der Waals surface area (Å²) in [6.45, 7) is 1.84. The minimum atomic E-state index is 0. The van der Waals surface area contributed by atoms with E-state index in [0.29, 0.717) is 28.9 Å². The Morgan fingerprint density at radius 1 is 1.04 bits per heavy atom. The van der Waals surface area contributed by atoms with Crippen LogP contribution in [0, 0.1) is 0 Å². The van der Waals surface area contributed by atoms with Crippen LogP contribution < -0.4 is 19.5 Å². The van der Waals surface area contributed by atoms with Gasteiger partial charge in [-0.25, -0.2) is 0 Å². The quantitative estimate of drug-likeness (QED) is 0.895. The molecular weight excluding hydrogens is 332 g/mol. The number of fused-ring (bicyclic) bond motifs is 2. The summed E-state index contributed by atoms with van der Waals surface area (Å²) in [5, 5.41) is 3.42. The molecule has 0 aliphatic carbocycles. The Morgan fingerprint density at radius 3 is 2.25 bits per heavy atom. The third kappa shape index (κ3) is 3.26. The molecule has 1 N–H and O–H groups in total. The highest BCUT2D eigenvalue weighted by Gasteiger charge is 2.38. The van der Waals surface area contributed by atoms with Crippen LogP contribution >= 0.6 is 12.4 Å². The number of hydrogen-bond donors (Lipinski definition) is 1. The van der Waals surface area contributed by atoms with Crippen LogP contribution in [-0.2, 0) is 0 Å². The number of carbonyl (C=O) groups excluding carboxylic acids is 1. The summed E-state index contributed by atoms with van der Waals surface area (Å²) in [5.74, 6) is 1.57. The van der Waals surface area contributed by atoms with Crippen LogP contribution in [0.2, 0.25) is 0 Å². The van der Waals surface area contributed by atoms with Crippen molar-refractivity contribution in [3.05, 3.63) is 17.7 Å². The molecular formula is C17H25ClN2O4. The largest absolute Gasteiger partial charge is 0.493 e. The Morgan fingerprint density at radius 2 is 1.67 bits per heavy atom. The Balaban J connectivity index is 0.00000208. The van der Waals surface area contributed by atoms with Crippen LogP contribution in [0.1, 0.15) is 29.6 Å². The lowest BCUT2D eigenvalue weighted by atomic mass is 10.1. The van der Waals surface area contributed by atoms with E-state index in [1.807, 2.05) is 4.90 Å². The second-order valence-corrected chi connectivity index (χ2v) is 6.00. The molecule has 0 saturated carbocycles. The number of nitrogens with zero attached hydrogens (tertiary/aromatic N) is 1. The van der Waals surface area contributed by atoms with Crippen molar-refractivity contribution in [3.8, 4) is 17.2 Å². The number of benzene rings is 1. The van der Waals surface area contributed by atoms with E-state index in [-0.39, 0.29) is 24.4 Å². The first-order valence-electron chi connectivity index (χ1n) is 8.03. The number of carbonyl (C=O) groups is 1. The van der Waals surface area contributed by atoms with Gasteiger partial charge in [-0.05, 0) is 37.9 Å². The van der Waals surface area contributed by atoms with Crippen molar-refractivity contribution in [2.75, 3.05) is 34.4 Å². The summed E-state index contributed by atoms with van der Waals surface area (Å²) in [7, 11) is 4.68. The van der Waals surface area contributed by atoms with Crippen LogP contribution in [0.4, 0.5) is 0 Å². The van der Waals surface area contributed by atoms with E-state index in [4.69, 9.17) is 14.2 Å². The number of methoxy groups -OCH3 is 3. The lowest BCUT2D eigenvalue weighted by molar-refractivity contribution is 0.0679. The van der Waals surface area contributed by atoms with E-state index in [1.165, 1.54) is 0 Å². The molecule has 2 bridgehead atoms. The third-order valence-corrected chi connectivity index (χ3v) is 4.80. The molecule has 1 amide bonds. The summed E-state index contributed by atoms with van der Waals surface area (Å²) < 4.78 is 16.1. The number of rotatable bonds is 4. The van der Waals surface area contributed by atoms with E-state index in [1.54, 1.807) is 33.5 Å². The second kappa shape index (κ2) is 7.94. The van der Waals surface area contributed by atoms with Gasteiger partial charge >= 0.3 is 0 Å². The fourth-order valence-corrected chi connectivity index (χ4v) is 3.67. The molecule has 24 heavy (non-hydrogen) atoms. The lowest BCUT2D eigenvalue weighted by Gasteiger charge is -2.28. The van der Waals surface area contributed by atoms with Gasteiger partial charge in [0.15, 0.2) is 11.5 Å². The van der Waals surface area contributed by atoms with Crippen molar-refractivity contribution in [1.82, 2.24) is 10.2 Å². The first kappa shape index (κ1) is 18.7. The molecule has 6 nitrogen and oxygen atoms in total. The molecule has 134 valence electrons. The summed E-state index contributed by atoms with van der Waals surface area (Å²) in [5.41, 5.74) is 0.582. The van der Waals surface area contributed by atoms with E-state index in [0.717, 1.165) is 32.4 Å². The summed E-state index contributed by atoms with van der Waals surface area (Å²) in [6.07, 6.45) is 3.16. The molecule has 2 heterocycles.